The van der Waals surface area contributed by atoms with Crippen molar-refractivity contribution in [3.8, 4) is 0 Å². The van der Waals surface area contributed by atoms with Gasteiger partial charge in [-0.25, -0.2) is 4.98 Å². The molecule has 2 fully saturated rings. The smallest absolute Gasteiger partial charge is 0.310 e. The number of hydrogen-bond donors (Lipinski definition) is 4. The molecule has 0 spiro atoms. The van der Waals surface area contributed by atoms with Gasteiger partial charge in [0, 0.05) is 36.4 Å². The number of carbonyl (C=O) groups excluding carboxylic acids is 1. The average molecular weight is 440 g/mol. The minimum atomic E-state index is -2.05. The lowest BCUT2D eigenvalue weighted by Crippen LogP contribution is -2.55. The highest BCUT2D eigenvalue weighted by molar-refractivity contribution is 7.99. The zero-order valence-electron chi connectivity index (χ0n) is 17.2. The first-order valence-corrected chi connectivity index (χ1v) is 11.3. The maximum Gasteiger partial charge on any atom is 0.310 e. The zero-order chi connectivity index (χ0) is 21.9. The molecule has 1 aliphatic heterocycles. The third kappa shape index (κ3) is 5.32. The number of aromatic nitrogens is 1. The van der Waals surface area contributed by atoms with Gasteiger partial charge < -0.3 is 25.7 Å². The molecule has 0 bridgehead atoms. The summed E-state index contributed by atoms with van der Waals surface area (Å²) in [6.07, 6.45) is 4.01. The van der Waals surface area contributed by atoms with Crippen molar-refractivity contribution in [2.24, 2.45) is 5.92 Å². The molecule has 0 radical (unpaired) electrons. The Morgan fingerprint density at radius 1 is 1.37 bits per heavy atom. The van der Waals surface area contributed by atoms with E-state index in [4.69, 9.17) is 0 Å². The van der Waals surface area contributed by atoms with Crippen LogP contribution in [0.2, 0.25) is 0 Å². The molecule has 0 unspecified atom stereocenters. The number of pyridine rings is 1. The van der Waals surface area contributed by atoms with Crippen LogP contribution in [0.3, 0.4) is 0 Å². The van der Waals surface area contributed by atoms with E-state index >= 15 is 0 Å². The Kier molecular flexibility index (Phi) is 7.04. The Morgan fingerprint density at radius 2 is 2.07 bits per heavy atom. The minimum absolute atomic E-state index is 0.00743. The predicted octanol–water partition coefficient (Wildman–Crippen LogP) is 1.68. The zero-order valence-corrected chi connectivity index (χ0v) is 18.0. The highest BCUT2D eigenvalue weighted by Gasteiger charge is 2.37. The lowest BCUT2D eigenvalue weighted by Gasteiger charge is -2.39. The number of nitrogens with zero attached hydrogens (tertiary/aromatic N) is 3. The van der Waals surface area contributed by atoms with Crippen molar-refractivity contribution in [2.45, 2.75) is 57.5 Å². The number of anilines is 2. The number of rotatable bonds is 6. The molecule has 3 rings (SSSR count). The molecule has 0 atom stereocenters. The summed E-state index contributed by atoms with van der Waals surface area (Å²) >= 11 is 1.42. The van der Waals surface area contributed by atoms with Crippen molar-refractivity contribution in [3.05, 3.63) is 22.4 Å². The highest BCUT2D eigenvalue weighted by Crippen LogP contribution is 2.34. The molecular formula is C19H29N5O5S. The summed E-state index contributed by atoms with van der Waals surface area (Å²) in [7, 11) is 0. The molecule has 1 saturated heterocycles. The number of carbonyl (C=O) groups is 1. The van der Waals surface area contributed by atoms with Crippen molar-refractivity contribution in [1.29, 1.82) is 0 Å². The van der Waals surface area contributed by atoms with Crippen LogP contribution in [0.5, 0.6) is 0 Å². The molecule has 4 N–H and O–H groups in total. The first-order chi connectivity index (χ1) is 14.2. The van der Waals surface area contributed by atoms with E-state index in [2.05, 4.69) is 15.6 Å². The summed E-state index contributed by atoms with van der Waals surface area (Å²) in [5.74, 6) is -0.942. The van der Waals surface area contributed by atoms with Crippen molar-refractivity contribution in [2.75, 3.05) is 28.3 Å². The highest BCUT2D eigenvalue weighted by atomic mass is 32.2. The summed E-state index contributed by atoms with van der Waals surface area (Å²) < 4.78 is 0. The summed E-state index contributed by atoms with van der Waals surface area (Å²) in [6.45, 7) is 4.23. The summed E-state index contributed by atoms with van der Waals surface area (Å²) in [4.78, 5) is 28.6. The molecule has 1 amide bonds. The second kappa shape index (κ2) is 9.36. The summed E-state index contributed by atoms with van der Waals surface area (Å²) in [5.41, 5.74) is 0.139. The van der Waals surface area contributed by atoms with Crippen LogP contribution in [0.1, 0.15) is 39.5 Å². The lowest BCUT2D eigenvalue weighted by atomic mass is 9.85. The van der Waals surface area contributed by atoms with Crippen molar-refractivity contribution in [3.63, 3.8) is 0 Å². The molecule has 11 heteroatoms. The van der Waals surface area contributed by atoms with Crippen LogP contribution < -0.4 is 15.5 Å². The second-order valence-electron chi connectivity index (χ2n) is 8.15. The predicted molar refractivity (Wildman–Crippen MR) is 115 cm³/mol. The van der Waals surface area contributed by atoms with E-state index < -0.39 is 10.8 Å². The van der Waals surface area contributed by atoms with Gasteiger partial charge in [-0.05, 0) is 39.5 Å². The molecule has 2 aliphatic rings. The molecule has 1 aromatic heterocycles. The monoisotopic (exact) mass is 439 g/mol. The van der Waals surface area contributed by atoms with Gasteiger partial charge in [0.2, 0.25) is 5.91 Å². The van der Waals surface area contributed by atoms with Crippen molar-refractivity contribution in [1.82, 2.24) is 10.3 Å². The first-order valence-electron chi connectivity index (χ1n) is 10.2. The van der Waals surface area contributed by atoms with Crippen LogP contribution >= 0.6 is 11.8 Å². The molecule has 2 heterocycles. The number of thioether (sulfide) groups is 1. The van der Waals surface area contributed by atoms with Gasteiger partial charge in [0.05, 0.1) is 10.7 Å². The molecule has 10 nitrogen and oxygen atoms in total. The Morgan fingerprint density at radius 3 is 2.67 bits per heavy atom. The van der Waals surface area contributed by atoms with Gasteiger partial charge in [-0.1, -0.05) is 0 Å². The average Bonchev–Trinajstić information content (AvgIpc) is 2.67. The number of hydrogen-bond acceptors (Lipinski definition) is 9. The van der Waals surface area contributed by atoms with E-state index in [1.54, 1.807) is 0 Å². The Hall–Kier alpha value is -2.11. The van der Waals surface area contributed by atoms with E-state index in [9.17, 15) is 25.1 Å². The van der Waals surface area contributed by atoms with Gasteiger partial charge in [0.15, 0.2) is 0 Å². The van der Waals surface area contributed by atoms with E-state index in [0.717, 1.165) is 19.0 Å². The normalized spacial score (nSPS) is 23.8. The van der Waals surface area contributed by atoms with Gasteiger partial charge in [-0.2, -0.15) is 11.8 Å². The maximum absolute atomic E-state index is 12.2. The van der Waals surface area contributed by atoms with Gasteiger partial charge in [0.25, 0.3) is 5.91 Å². The third-order valence-corrected chi connectivity index (χ3v) is 6.48. The molecule has 0 aromatic carbocycles. The van der Waals surface area contributed by atoms with Gasteiger partial charge in [-0.15, -0.1) is 0 Å². The number of amides is 1. The fourth-order valence-corrected chi connectivity index (χ4v) is 4.77. The molecule has 166 valence electrons. The van der Waals surface area contributed by atoms with Gasteiger partial charge in [0.1, 0.15) is 17.7 Å². The number of nitrogens with one attached hydrogen (secondary N) is 2. The minimum Gasteiger partial charge on any atom is -0.377 e. The van der Waals surface area contributed by atoms with Crippen LogP contribution in [0, 0.1) is 16.0 Å². The first kappa shape index (κ1) is 22.6. The molecule has 30 heavy (non-hydrogen) atoms. The summed E-state index contributed by atoms with van der Waals surface area (Å²) in [6, 6.07) is 1.60. The van der Waals surface area contributed by atoms with Gasteiger partial charge >= 0.3 is 5.69 Å². The van der Waals surface area contributed by atoms with Crippen LogP contribution in [0.4, 0.5) is 17.2 Å². The quantitative estimate of drug-likeness (QED) is 0.296. The molecular weight excluding hydrogens is 410 g/mol. The number of nitro groups is 1. The van der Waals surface area contributed by atoms with Crippen LogP contribution in [0.25, 0.3) is 0 Å². The Labute approximate surface area is 179 Å². The van der Waals surface area contributed by atoms with E-state index in [1.165, 1.54) is 22.7 Å². The van der Waals surface area contributed by atoms with Crippen molar-refractivity contribution >= 4 is 34.9 Å². The van der Waals surface area contributed by atoms with E-state index in [-0.39, 0.29) is 41.2 Å². The van der Waals surface area contributed by atoms with Gasteiger partial charge in [-0.3, -0.25) is 14.9 Å². The second-order valence-corrected chi connectivity index (χ2v) is 9.26. The maximum atomic E-state index is 12.2. The number of aliphatic hydroxyl groups is 2. The van der Waals surface area contributed by atoms with E-state index in [1.807, 2.05) is 13.8 Å². The standard InChI is InChI=1S/C19H29N5O5S/c1-12(2)21-18(25)13-3-5-14(6-4-13)22-15-9-17(20-10-16(15)24(28)29)23-7-8-30-11-19(23,26)27/h9-10,12-14,26-27H,3-8,11H2,1-2H3,(H,20,22)(H,21,25)/t13-,14+. The molecule has 1 aliphatic carbocycles. The fourth-order valence-electron chi connectivity index (χ4n) is 3.89. The van der Waals surface area contributed by atoms with Crippen LogP contribution in [-0.2, 0) is 4.79 Å². The van der Waals surface area contributed by atoms with Crippen LogP contribution in [0.15, 0.2) is 12.3 Å². The fraction of sp³-hybridized carbons (Fsp3) is 0.684. The SMILES string of the molecule is CC(C)NC(=O)[C@H]1CC[C@@H](Nc2cc(N3CCSCC3(O)O)ncc2[N+](=O)[O-])CC1. The Balaban J connectivity index is 1.72. The largest absolute Gasteiger partial charge is 0.377 e. The van der Waals surface area contributed by atoms with E-state index in [0.29, 0.717) is 30.8 Å². The van der Waals surface area contributed by atoms with Crippen LogP contribution in [-0.4, -0.2) is 62.1 Å². The molecule has 1 aromatic rings. The lowest BCUT2D eigenvalue weighted by molar-refractivity contribution is -0.384. The van der Waals surface area contributed by atoms with Crippen molar-refractivity contribution < 1.29 is 19.9 Å². The Bertz CT molecular complexity index is 783. The topological polar surface area (TPSA) is 141 Å². The molecule has 1 saturated carbocycles. The summed E-state index contributed by atoms with van der Waals surface area (Å²) in [5, 5.41) is 38.2. The third-order valence-electron chi connectivity index (χ3n) is 5.42.